The van der Waals surface area contributed by atoms with Crippen LogP contribution in [0.1, 0.15) is 5.56 Å². The highest BCUT2D eigenvalue weighted by molar-refractivity contribution is 6.32. The quantitative estimate of drug-likeness (QED) is 0.784. The molecule has 1 fully saturated rings. The lowest BCUT2D eigenvalue weighted by atomic mass is 10.1. The monoisotopic (exact) mass is 291 g/mol. The molecule has 0 aliphatic carbocycles. The zero-order valence-corrected chi connectivity index (χ0v) is 11.3. The third-order valence-electron chi connectivity index (χ3n) is 2.90. The van der Waals surface area contributed by atoms with Crippen molar-refractivity contribution in [3.8, 4) is 0 Å². The van der Waals surface area contributed by atoms with E-state index in [1.54, 1.807) is 4.90 Å². The average molecular weight is 293 g/mol. The van der Waals surface area contributed by atoms with E-state index in [2.05, 4.69) is 0 Å². The van der Waals surface area contributed by atoms with E-state index in [9.17, 15) is 4.79 Å². The highest BCUT2D eigenvalue weighted by Gasteiger charge is 2.38. The number of likely N-dealkylation sites (tertiary alicyclic amines) is 1. The minimum absolute atomic E-state index is 0.0349. The number of carbonyl (C=O) groups is 1. The molecule has 0 aromatic heterocycles. The van der Waals surface area contributed by atoms with Crippen LogP contribution in [0.15, 0.2) is 24.3 Å². The SMILES string of the molecule is O=C1[C@@H](Cl)[C@@H](CCl)CN1Cc1ccc(Cl)cc1. The molecule has 2 atom stereocenters. The summed E-state index contributed by atoms with van der Waals surface area (Å²) in [5.41, 5.74) is 1.04. The molecule has 0 bridgehead atoms. The van der Waals surface area contributed by atoms with Gasteiger partial charge in [-0.05, 0) is 17.7 Å². The predicted octanol–water partition coefficient (Wildman–Crippen LogP) is 3.14. The Morgan fingerprint density at radius 3 is 2.47 bits per heavy atom. The van der Waals surface area contributed by atoms with Gasteiger partial charge >= 0.3 is 0 Å². The topological polar surface area (TPSA) is 20.3 Å². The Bertz CT molecular complexity index is 407. The molecule has 0 saturated carbocycles. The second-order valence-electron chi connectivity index (χ2n) is 4.16. The largest absolute Gasteiger partial charge is 0.337 e. The lowest BCUT2D eigenvalue weighted by Crippen LogP contribution is -2.27. The van der Waals surface area contributed by atoms with Gasteiger partial charge in [-0.25, -0.2) is 0 Å². The van der Waals surface area contributed by atoms with Crippen molar-refractivity contribution < 1.29 is 4.79 Å². The van der Waals surface area contributed by atoms with E-state index in [1.807, 2.05) is 24.3 Å². The van der Waals surface area contributed by atoms with Crippen molar-refractivity contribution in [2.24, 2.45) is 5.92 Å². The van der Waals surface area contributed by atoms with Crippen LogP contribution in [-0.4, -0.2) is 28.6 Å². The van der Waals surface area contributed by atoms with E-state index in [-0.39, 0.29) is 11.8 Å². The van der Waals surface area contributed by atoms with Crippen LogP contribution in [0.25, 0.3) is 0 Å². The fourth-order valence-corrected chi connectivity index (χ4v) is 2.72. The minimum Gasteiger partial charge on any atom is -0.337 e. The fraction of sp³-hybridized carbons (Fsp3) is 0.417. The first kappa shape index (κ1) is 13.0. The highest BCUT2D eigenvalue weighted by atomic mass is 35.5. The van der Waals surface area contributed by atoms with E-state index in [4.69, 9.17) is 34.8 Å². The number of carbonyl (C=O) groups excluding carboxylic acids is 1. The molecule has 1 aromatic rings. The molecule has 1 heterocycles. The Morgan fingerprint density at radius 1 is 1.29 bits per heavy atom. The lowest BCUT2D eigenvalue weighted by molar-refractivity contribution is -0.127. The van der Waals surface area contributed by atoms with Crippen LogP contribution in [0.2, 0.25) is 5.02 Å². The van der Waals surface area contributed by atoms with Gasteiger partial charge in [-0.3, -0.25) is 4.79 Å². The number of benzene rings is 1. The number of hydrogen-bond donors (Lipinski definition) is 0. The smallest absolute Gasteiger partial charge is 0.241 e. The molecule has 0 unspecified atom stereocenters. The maximum atomic E-state index is 11.9. The van der Waals surface area contributed by atoms with Gasteiger partial charge in [0.15, 0.2) is 0 Å². The number of halogens is 3. The third-order valence-corrected chi connectivity index (χ3v) is 4.09. The van der Waals surface area contributed by atoms with Crippen molar-refractivity contribution in [1.29, 1.82) is 0 Å². The van der Waals surface area contributed by atoms with Gasteiger partial charge in [-0.2, -0.15) is 0 Å². The normalized spacial score (nSPS) is 24.4. The molecule has 2 nitrogen and oxygen atoms in total. The number of hydrogen-bond acceptors (Lipinski definition) is 1. The van der Waals surface area contributed by atoms with Crippen LogP contribution in [0, 0.1) is 5.92 Å². The summed E-state index contributed by atoms with van der Waals surface area (Å²) >= 11 is 17.6. The molecule has 0 spiro atoms. The molecule has 5 heteroatoms. The lowest BCUT2D eigenvalue weighted by Gasteiger charge is -2.16. The number of amides is 1. The minimum atomic E-state index is -0.486. The Hall–Kier alpha value is -0.440. The Kier molecular flexibility index (Phi) is 4.18. The summed E-state index contributed by atoms with van der Waals surface area (Å²) in [5.74, 6) is 0.419. The summed E-state index contributed by atoms with van der Waals surface area (Å²) in [6, 6.07) is 7.45. The highest BCUT2D eigenvalue weighted by Crippen LogP contribution is 2.26. The van der Waals surface area contributed by atoms with E-state index in [1.165, 1.54) is 0 Å². The van der Waals surface area contributed by atoms with Gasteiger partial charge in [0.25, 0.3) is 0 Å². The maximum absolute atomic E-state index is 11.9. The summed E-state index contributed by atoms with van der Waals surface area (Å²) in [6.45, 7) is 1.19. The first-order valence-corrected chi connectivity index (χ1v) is 6.70. The Labute approximate surface area is 115 Å². The molecule has 1 aliphatic rings. The van der Waals surface area contributed by atoms with Crippen LogP contribution in [0.5, 0.6) is 0 Å². The van der Waals surface area contributed by atoms with Crippen molar-refractivity contribution in [3.05, 3.63) is 34.9 Å². The van der Waals surface area contributed by atoms with Gasteiger partial charge in [0.1, 0.15) is 5.38 Å². The standard InChI is InChI=1S/C12H12Cl3NO/c13-5-9-7-16(12(17)11(9)15)6-8-1-3-10(14)4-2-8/h1-4,9,11H,5-7H2/t9-,11-/m0/s1. The van der Waals surface area contributed by atoms with Crippen molar-refractivity contribution in [2.75, 3.05) is 12.4 Å². The average Bonchev–Trinajstić information content (AvgIpc) is 2.60. The van der Waals surface area contributed by atoms with E-state index in [0.29, 0.717) is 24.0 Å². The summed E-state index contributed by atoms with van der Waals surface area (Å²) in [5, 5.41) is 0.204. The van der Waals surface area contributed by atoms with Gasteiger partial charge in [-0.1, -0.05) is 23.7 Å². The molecule has 1 aliphatic heterocycles. The van der Waals surface area contributed by atoms with E-state index in [0.717, 1.165) is 5.56 Å². The van der Waals surface area contributed by atoms with Crippen LogP contribution in [0.3, 0.4) is 0 Å². The maximum Gasteiger partial charge on any atom is 0.241 e. The van der Waals surface area contributed by atoms with Gasteiger partial charge in [0, 0.05) is 29.9 Å². The van der Waals surface area contributed by atoms with Crippen LogP contribution in [0.4, 0.5) is 0 Å². The van der Waals surface area contributed by atoms with Gasteiger partial charge in [0.2, 0.25) is 5.91 Å². The zero-order chi connectivity index (χ0) is 12.4. The zero-order valence-electron chi connectivity index (χ0n) is 9.07. The summed E-state index contributed by atoms with van der Waals surface area (Å²) in [7, 11) is 0. The van der Waals surface area contributed by atoms with Gasteiger partial charge in [0.05, 0.1) is 0 Å². The van der Waals surface area contributed by atoms with Crippen molar-refractivity contribution in [2.45, 2.75) is 11.9 Å². The molecule has 2 rings (SSSR count). The molecular formula is C12H12Cl3NO. The van der Waals surface area contributed by atoms with Crippen molar-refractivity contribution >= 4 is 40.7 Å². The fourth-order valence-electron chi connectivity index (χ4n) is 1.92. The molecule has 0 N–H and O–H groups in total. The predicted molar refractivity (Wildman–Crippen MR) is 70.7 cm³/mol. The van der Waals surface area contributed by atoms with Gasteiger partial charge < -0.3 is 4.90 Å². The second kappa shape index (κ2) is 5.47. The second-order valence-corrected chi connectivity index (χ2v) is 5.38. The summed E-state index contributed by atoms with van der Waals surface area (Å²) in [4.78, 5) is 13.6. The van der Waals surface area contributed by atoms with Crippen LogP contribution >= 0.6 is 34.8 Å². The molecule has 17 heavy (non-hydrogen) atoms. The number of alkyl halides is 2. The Balaban J connectivity index is 2.05. The molecule has 1 amide bonds. The van der Waals surface area contributed by atoms with E-state index >= 15 is 0 Å². The van der Waals surface area contributed by atoms with Crippen LogP contribution in [-0.2, 0) is 11.3 Å². The first-order chi connectivity index (χ1) is 8.11. The summed E-state index contributed by atoms with van der Waals surface area (Å²) in [6.07, 6.45) is 0. The van der Waals surface area contributed by atoms with Gasteiger partial charge in [-0.15, -0.1) is 23.2 Å². The Morgan fingerprint density at radius 2 is 1.94 bits per heavy atom. The summed E-state index contributed by atoms with van der Waals surface area (Å²) < 4.78 is 0. The molecule has 1 aromatic carbocycles. The van der Waals surface area contributed by atoms with Crippen molar-refractivity contribution in [3.63, 3.8) is 0 Å². The van der Waals surface area contributed by atoms with Crippen LogP contribution < -0.4 is 0 Å². The van der Waals surface area contributed by atoms with E-state index < -0.39 is 5.38 Å². The number of rotatable bonds is 3. The molecule has 0 radical (unpaired) electrons. The molecule has 1 saturated heterocycles. The molecule has 92 valence electrons. The molecular weight excluding hydrogens is 280 g/mol. The van der Waals surface area contributed by atoms with Crippen molar-refractivity contribution in [1.82, 2.24) is 4.90 Å². The first-order valence-electron chi connectivity index (χ1n) is 5.35. The number of nitrogens with zero attached hydrogens (tertiary/aromatic N) is 1. The third kappa shape index (κ3) is 2.87.